The second kappa shape index (κ2) is 9.03. The highest BCUT2D eigenvalue weighted by molar-refractivity contribution is 5.95. The van der Waals surface area contributed by atoms with Crippen molar-refractivity contribution in [3.63, 3.8) is 0 Å². The molecule has 30 heavy (non-hydrogen) atoms. The van der Waals surface area contributed by atoms with Crippen LogP contribution in [0.25, 0.3) is 5.69 Å². The number of methoxy groups -OCH3 is 2. The molecule has 0 spiro atoms. The summed E-state index contributed by atoms with van der Waals surface area (Å²) in [6, 6.07) is 13.4. The van der Waals surface area contributed by atoms with Crippen molar-refractivity contribution >= 4 is 5.91 Å². The van der Waals surface area contributed by atoms with Gasteiger partial charge in [-0.05, 0) is 50.1 Å². The van der Waals surface area contributed by atoms with E-state index in [-0.39, 0.29) is 17.9 Å². The van der Waals surface area contributed by atoms with E-state index >= 15 is 0 Å². The lowest BCUT2D eigenvalue weighted by Crippen LogP contribution is -2.28. The average Bonchev–Trinajstić information content (AvgIpc) is 3.19. The number of nitrogens with zero attached hydrogens (tertiary/aromatic N) is 2. The summed E-state index contributed by atoms with van der Waals surface area (Å²) in [5.41, 5.74) is 4.41. The van der Waals surface area contributed by atoms with Crippen LogP contribution >= 0.6 is 0 Å². The smallest absolute Gasteiger partial charge is 0.255 e. The molecule has 3 aromatic rings. The first kappa shape index (κ1) is 21.4. The second-order valence-electron chi connectivity index (χ2n) is 7.65. The first-order chi connectivity index (χ1) is 14.3. The summed E-state index contributed by atoms with van der Waals surface area (Å²) < 4.78 is 12.6. The minimum atomic E-state index is -0.273. The van der Waals surface area contributed by atoms with E-state index in [1.54, 1.807) is 20.4 Å². The van der Waals surface area contributed by atoms with Gasteiger partial charge in [-0.3, -0.25) is 4.79 Å². The first-order valence-corrected chi connectivity index (χ1v) is 10.0. The number of ether oxygens (including phenoxy) is 2. The molecule has 2 aromatic carbocycles. The minimum absolute atomic E-state index is 0.121. The molecular formula is C24H29N3O3. The van der Waals surface area contributed by atoms with Gasteiger partial charge in [-0.1, -0.05) is 31.5 Å². The Bertz CT molecular complexity index is 1020. The molecule has 1 N–H and O–H groups in total. The van der Waals surface area contributed by atoms with Crippen LogP contribution in [0.5, 0.6) is 11.5 Å². The molecule has 6 nitrogen and oxygen atoms in total. The number of aromatic nitrogens is 2. The summed E-state index contributed by atoms with van der Waals surface area (Å²) in [6.45, 7) is 8.10. The van der Waals surface area contributed by atoms with E-state index in [1.165, 1.54) is 5.56 Å². The lowest BCUT2D eigenvalue weighted by atomic mass is 10.0. The maximum absolute atomic E-state index is 13.2. The Morgan fingerprint density at radius 3 is 2.33 bits per heavy atom. The molecule has 0 fully saturated rings. The van der Waals surface area contributed by atoms with E-state index in [9.17, 15) is 4.79 Å². The van der Waals surface area contributed by atoms with Gasteiger partial charge in [0.05, 0.1) is 43.4 Å². The highest BCUT2D eigenvalue weighted by atomic mass is 16.5. The quantitative estimate of drug-likeness (QED) is 0.610. The molecule has 1 amide bonds. The Balaban J connectivity index is 1.91. The third-order valence-corrected chi connectivity index (χ3v) is 5.13. The van der Waals surface area contributed by atoms with E-state index in [1.807, 2.05) is 61.0 Å². The van der Waals surface area contributed by atoms with Gasteiger partial charge in [0.1, 0.15) is 11.5 Å². The summed E-state index contributed by atoms with van der Waals surface area (Å²) in [7, 11) is 3.23. The molecule has 0 aliphatic heterocycles. The van der Waals surface area contributed by atoms with Crippen molar-refractivity contribution in [2.45, 2.75) is 39.7 Å². The van der Waals surface area contributed by atoms with Gasteiger partial charge in [0, 0.05) is 5.56 Å². The number of carbonyl (C=O) groups is 1. The molecule has 0 aliphatic rings. The Kier molecular flexibility index (Phi) is 6.45. The number of rotatable bonds is 7. The number of carbonyl (C=O) groups excluding carboxylic acids is 1. The van der Waals surface area contributed by atoms with Gasteiger partial charge in [0.15, 0.2) is 0 Å². The van der Waals surface area contributed by atoms with E-state index in [4.69, 9.17) is 9.47 Å². The SMILES string of the molecule is COc1ccc(OC)c(C(C)NC(=O)c2cnn(-c3ccc(C)cc3)c2C(C)C)c1. The molecule has 0 saturated carbocycles. The lowest BCUT2D eigenvalue weighted by molar-refractivity contribution is 0.0938. The van der Waals surface area contributed by atoms with Gasteiger partial charge in [-0.2, -0.15) is 5.10 Å². The fourth-order valence-electron chi connectivity index (χ4n) is 3.51. The summed E-state index contributed by atoms with van der Waals surface area (Å²) in [5.74, 6) is 1.36. The predicted molar refractivity (Wildman–Crippen MR) is 118 cm³/mol. The Morgan fingerprint density at radius 1 is 1.03 bits per heavy atom. The molecule has 0 bridgehead atoms. The Morgan fingerprint density at radius 2 is 1.73 bits per heavy atom. The van der Waals surface area contributed by atoms with Crippen molar-refractivity contribution in [3.8, 4) is 17.2 Å². The molecule has 1 aromatic heterocycles. The monoisotopic (exact) mass is 407 g/mol. The second-order valence-corrected chi connectivity index (χ2v) is 7.65. The zero-order chi connectivity index (χ0) is 21.8. The van der Waals surface area contributed by atoms with Crippen LogP contribution in [0.4, 0.5) is 0 Å². The molecular weight excluding hydrogens is 378 g/mol. The molecule has 1 atom stereocenters. The van der Waals surface area contributed by atoms with E-state index in [0.29, 0.717) is 17.1 Å². The Labute approximate surface area is 177 Å². The summed E-state index contributed by atoms with van der Waals surface area (Å²) in [5, 5.41) is 7.59. The van der Waals surface area contributed by atoms with Crippen LogP contribution in [0.15, 0.2) is 48.7 Å². The van der Waals surface area contributed by atoms with Crippen LogP contribution in [-0.2, 0) is 0 Å². The summed E-state index contributed by atoms with van der Waals surface area (Å²) >= 11 is 0. The largest absolute Gasteiger partial charge is 0.497 e. The van der Waals surface area contributed by atoms with Gasteiger partial charge in [0.2, 0.25) is 0 Å². The number of aryl methyl sites for hydroxylation is 1. The number of benzene rings is 2. The maximum Gasteiger partial charge on any atom is 0.255 e. The van der Waals surface area contributed by atoms with Crippen molar-refractivity contribution in [3.05, 3.63) is 71.0 Å². The van der Waals surface area contributed by atoms with Gasteiger partial charge in [-0.15, -0.1) is 0 Å². The number of hydrogen-bond acceptors (Lipinski definition) is 4. The van der Waals surface area contributed by atoms with E-state index in [0.717, 1.165) is 16.9 Å². The summed E-state index contributed by atoms with van der Waals surface area (Å²) in [4.78, 5) is 13.2. The molecule has 0 radical (unpaired) electrons. The Hall–Kier alpha value is -3.28. The van der Waals surface area contributed by atoms with Crippen molar-refractivity contribution in [2.75, 3.05) is 14.2 Å². The normalized spacial score (nSPS) is 12.0. The van der Waals surface area contributed by atoms with Gasteiger partial charge >= 0.3 is 0 Å². The lowest BCUT2D eigenvalue weighted by Gasteiger charge is -2.19. The van der Waals surface area contributed by atoms with E-state index < -0.39 is 0 Å². The van der Waals surface area contributed by atoms with Gasteiger partial charge in [-0.25, -0.2) is 4.68 Å². The zero-order valence-corrected chi connectivity index (χ0v) is 18.4. The first-order valence-electron chi connectivity index (χ1n) is 10.0. The van der Waals surface area contributed by atoms with Crippen LogP contribution in [0, 0.1) is 6.92 Å². The molecule has 6 heteroatoms. The number of amides is 1. The molecule has 0 saturated heterocycles. The molecule has 3 rings (SSSR count). The fraction of sp³-hybridized carbons (Fsp3) is 0.333. The molecule has 0 aliphatic carbocycles. The maximum atomic E-state index is 13.2. The zero-order valence-electron chi connectivity index (χ0n) is 18.4. The van der Waals surface area contributed by atoms with Crippen LogP contribution < -0.4 is 14.8 Å². The topological polar surface area (TPSA) is 65.4 Å². The van der Waals surface area contributed by atoms with Crippen molar-refractivity contribution in [1.82, 2.24) is 15.1 Å². The standard InChI is InChI=1S/C24H29N3O3/c1-15(2)23-21(14-25-27(23)18-9-7-16(3)8-10-18)24(28)26-17(4)20-13-19(29-5)11-12-22(20)30-6/h7-15,17H,1-6H3,(H,26,28). The van der Waals surface area contributed by atoms with Crippen molar-refractivity contribution in [2.24, 2.45) is 0 Å². The number of hydrogen-bond donors (Lipinski definition) is 1. The van der Waals surface area contributed by atoms with Gasteiger partial charge < -0.3 is 14.8 Å². The molecule has 158 valence electrons. The third kappa shape index (κ3) is 4.32. The average molecular weight is 408 g/mol. The van der Waals surface area contributed by atoms with E-state index in [2.05, 4.69) is 24.3 Å². The summed E-state index contributed by atoms with van der Waals surface area (Å²) in [6.07, 6.45) is 1.64. The predicted octanol–water partition coefficient (Wildman–Crippen LogP) is 4.81. The highest BCUT2D eigenvalue weighted by Crippen LogP contribution is 2.30. The van der Waals surface area contributed by atoms with Crippen molar-refractivity contribution < 1.29 is 14.3 Å². The van der Waals surface area contributed by atoms with Crippen LogP contribution in [0.3, 0.4) is 0 Å². The van der Waals surface area contributed by atoms with Crippen LogP contribution in [0.1, 0.15) is 59.9 Å². The molecule has 1 unspecified atom stereocenters. The fourth-order valence-corrected chi connectivity index (χ4v) is 3.51. The van der Waals surface area contributed by atoms with Gasteiger partial charge in [0.25, 0.3) is 5.91 Å². The number of nitrogens with one attached hydrogen (secondary N) is 1. The van der Waals surface area contributed by atoms with Crippen LogP contribution in [-0.4, -0.2) is 29.9 Å². The van der Waals surface area contributed by atoms with Crippen molar-refractivity contribution in [1.29, 1.82) is 0 Å². The highest BCUT2D eigenvalue weighted by Gasteiger charge is 2.23. The molecule has 1 heterocycles. The van der Waals surface area contributed by atoms with Crippen LogP contribution in [0.2, 0.25) is 0 Å². The minimum Gasteiger partial charge on any atom is -0.497 e. The third-order valence-electron chi connectivity index (χ3n) is 5.13.